The molecule has 1 amide bonds. The van der Waals surface area contributed by atoms with Crippen molar-refractivity contribution in [3.63, 3.8) is 0 Å². The number of piperazine rings is 1. The maximum Gasteiger partial charge on any atom is 0.249 e. The summed E-state index contributed by atoms with van der Waals surface area (Å²) in [6.45, 7) is 5.15. The Bertz CT molecular complexity index is 553. The summed E-state index contributed by atoms with van der Waals surface area (Å²) >= 11 is 6.40. The van der Waals surface area contributed by atoms with E-state index in [1.54, 1.807) is 0 Å². The zero-order valence-electron chi connectivity index (χ0n) is 13.6. The quantitative estimate of drug-likeness (QED) is 0.911. The van der Waals surface area contributed by atoms with E-state index in [0.29, 0.717) is 18.2 Å². The number of carbonyl (C=O) groups excluding carboxylic acids is 1. The van der Waals surface area contributed by atoms with Crippen molar-refractivity contribution in [1.82, 2.24) is 10.2 Å². The molecule has 2 aliphatic heterocycles. The molecule has 1 aromatic rings. The fraction of sp³-hybridized carbons (Fsp3) is 0.588. The number of hydrogen-bond acceptors (Lipinski definition) is 4. The number of carbonyl (C=O) groups is 1. The second-order valence-corrected chi connectivity index (χ2v) is 6.65. The van der Waals surface area contributed by atoms with E-state index in [1.165, 1.54) is 0 Å². The number of amides is 1. The topological polar surface area (TPSA) is 44.8 Å². The van der Waals surface area contributed by atoms with E-state index in [-0.39, 0.29) is 12.0 Å². The minimum absolute atomic E-state index is 0.0354. The van der Waals surface area contributed by atoms with Crippen LogP contribution in [-0.4, -0.2) is 56.7 Å². The predicted molar refractivity (Wildman–Crippen MR) is 92.0 cm³/mol. The van der Waals surface area contributed by atoms with Crippen LogP contribution in [0.1, 0.15) is 18.4 Å². The van der Waals surface area contributed by atoms with E-state index in [1.807, 2.05) is 12.1 Å². The fourth-order valence-electron chi connectivity index (χ4n) is 3.14. The van der Waals surface area contributed by atoms with Crippen molar-refractivity contribution in [3.05, 3.63) is 28.8 Å². The zero-order chi connectivity index (χ0) is 16.2. The standard InChI is InChI=1S/C17H24ClN3O2/c1-20-7-9-21(10-8-20)15-5-2-4-14(18)13(15)12-19-17(22)16-6-3-11-23-16/h2,4-5,16H,3,6-12H2,1H3,(H,19,22)/t16-/m1/s1. The van der Waals surface area contributed by atoms with Crippen LogP contribution < -0.4 is 10.2 Å². The van der Waals surface area contributed by atoms with Crippen LogP contribution in [0.5, 0.6) is 0 Å². The third-order valence-electron chi connectivity index (χ3n) is 4.60. The van der Waals surface area contributed by atoms with Gasteiger partial charge in [0.1, 0.15) is 6.10 Å². The molecule has 0 radical (unpaired) electrons. The lowest BCUT2D eigenvalue weighted by Gasteiger charge is -2.35. The monoisotopic (exact) mass is 337 g/mol. The summed E-state index contributed by atoms with van der Waals surface area (Å²) < 4.78 is 5.43. The SMILES string of the molecule is CN1CCN(c2cccc(Cl)c2CNC(=O)[C@H]2CCCO2)CC1. The van der Waals surface area contributed by atoms with Gasteiger partial charge in [0.2, 0.25) is 5.91 Å². The summed E-state index contributed by atoms with van der Waals surface area (Å²) in [5.74, 6) is -0.0354. The highest BCUT2D eigenvalue weighted by Crippen LogP contribution is 2.28. The van der Waals surface area contributed by atoms with Gasteiger partial charge < -0.3 is 19.9 Å². The Balaban J connectivity index is 1.69. The van der Waals surface area contributed by atoms with Gasteiger partial charge in [-0.3, -0.25) is 4.79 Å². The number of ether oxygens (including phenoxy) is 1. The Hall–Kier alpha value is -1.30. The fourth-order valence-corrected chi connectivity index (χ4v) is 3.38. The lowest BCUT2D eigenvalue weighted by atomic mass is 10.1. The van der Waals surface area contributed by atoms with Gasteiger partial charge in [0.15, 0.2) is 0 Å². The van der Waals surface area contributed by atoms with Gasteiger partial charge in [0, 0.05) is 55.6 Å². The minimum Gasteiger partial charge on any atom is -0.369 e. The van der Waals surface area contributed by atoms with E-state index in [2.05, 4.69) is 28.2 Å². The number of anilines is 1. The van der Waals surface area contributed by atoms with E-state index < -0.39 is 0 Å². The molecule has 5 nitrogen and oxygen atoms in total. The molecular formula is C17H24ClN3O2. The van der Waals surface area contributed by atoms with Gasteiger partial charge in [-0.05, 0) is 32.0 Å². The van der Waals surface area contributed by atoms with Crippen LogP contribution >= 0.6 is 11.6 Å². The number of nitrogens with one attached hydrogen (secondary N) is 1. The van der Waals surface area contributed by atoms with Crippen LogP contribution in [0.4, 0.5) is 5.69 Å². The van der Waals surface area contributed by atoms with Crippen LogP contribution in [0.3, 0.4) is 0 Å². The second kappa shape index (κ2) is 7.51. The van der Waals surface area contributed by atoms with Crippen molar-refractivity contribution in [2.45, 2.75) is 25.5 Å². The molecule has 2 heterocycles. The van der Waals surface area contributed by atoms with Crippen molar-refractivity contribution >= 4 is 23.2 Å². The molecule has 0 unspecified atom stereocenters. The molecule has 1 aromatic carbocycles. The lowest BCUT2D eigenvalue weighted by Crippen LogP contribution is -2.45. The number of hydrogen-bond donors (Lipinski definition) is 1. The molecule has 0 aromatic heterocycles. The third kappa shape index (κ3) is 3.97. The highest BCUT2D eigenvalue weighted by molar-refractivity contribution is 6.31. The summed E-state index contributed by atoms with van der Waals surface area (Å²) in [6, 6.07) is 5.95. The summed E-state index contributed by atoms with van der Waals surface area (Å²) in [5.41, 5.74) is 2.11. The Labute approximate surface area is 142 Å². The van der Waals surface area contributed by atoms with E-state index in [0.717, 1.165) is 50.3 Å². The van der Waals surface area contributed by atoms with Gasteiger partial charge in [-0.1, -0.05) is 17.7 Å². The van der Waals surface area contributed by atoms with E-state index in [4.69, 9.17) is 16.3 Å². The first kappa shape index (κ1) is 16.6. The molecule has 0 bridgehead atoms. The number of likely N-dealkylation sites (N-methyl/N-ethyl adjacent to an activating group) is 1. The Morgan fingerprint density at radius 3 is 2.83 bits per heavy atom. The summed E-state index contributed by atoms with van der Waals surface area (Å²) in [5, 5.41) is 3.69. The Morgan fingerprint density at radius 1 is 1.35 bits per heavy atom. The molecule has 0 saturated carbocycles. The van der Waals surface area contributed by atoms with Crippen molar-refractivity contribution in [1.29, 1.82) is 0 Å². The normalized spacial score (nSPS) is 22.3. The first-order chi connectivity index (χ1) is 11.1. The largest absolute Gasteiger partial charge is 0.369 e. The van der Waals surface area contributed by atoms with E-state index >= 15 is 0 Å². The van der Waals surface area contributed by atoms with Crippen molar-refractivity contribution in [3.8, 4) is 0 Å². The molecule has 2 aliphatic rings. The lowest BCUT2D eigenvalue weighted by molar-refractivity contribution is -0.130. The van der Waals surface area contributed by atoms with Gasteiger partial charge in [-0.25, -0.2) is 0 Å². The minimum atomic E-state index is -0.301. The molecule has 1 atom stereocenters. The van der Waals surface area contributed by atoms with Crippen LogP contribution in [-0.2, 0) is 16.1 Å². The second-order valence-electron chi connectivity index (χ2n) is 6.25. The van der Waals surface area contributed by atoms with E-state index in [9.17, 15) is 4.79 Å². The zero-order valence-corrected chi connectivity index (χ0v) is 14.3. The number of benzene rings is 1. The van der Waals surface area contributed by atoms with Gasteiger partial charge in [-0.15, -0.1) is 0 Å². The van der Waals surface area contributed by atoms with Gasteiger partial charge in [0.25, 0.3) is 0 Å². The summed E-state index contributed by atoms with van der Waals surface area (Å²) in [4.78, 5) is 16.8. The smallest absolute Gasteiger partial charge is 0.249 e. The maximum absolute atomic E-state index is 12.2. The first-order valence-electron chi connectivity index (χ1n) is 8.25. The van der Waals surface area contributed by atoms with Crippen LogP contribution in [0.15, 0.2) is 18.2 Å². The summed E-state index contributed by atoms with van der Waals surface area (Å²) in [7, 11) is 2.14. The molecule has 1 N–H and O–H groups in total. The Morgan fingerprint density at radius 2 is 2.13 bits per heavy atom. The highest BCUT2D eigenvalue weighted by atomic mass is 35.5. The van der Waals surface area contributed by atoms with Gasteiger partial charge >= 0.3 is 0 Å². The molecule has 0 spiro atoms. The Kier molecular flexibility index (Phi) is 5.41. The van der Waals surface area contributed by atoms with Crippen LogP contribution in [0, 0.1) is 0 Å². The van der Waals surface area contributed by atoms with Gasteiger partial charge in [-0.2, -0.15) is 0 Å². The van der Waals surface area contributed by atoms with Crippen molar-refractivity contribution < 1.29 is 9.53 Å². The molecule has 3 rings (SSSR count). The molecule has 0 aliphatic carbocycles. The average molecular weight is 338 g/mol. The number of rotatable bonds is 4. The molecular weight excluding hydrogens is 314 g/mol. The average Bonchev–Trinajstić information content (AvgIpc) is 3.08. The molecule has 126 valence electrons. The molecule has 6 heteroatoms. The molecule has 23 heavy (non-hydrogen) atoms. The van der Waals surface area contributed by atoms with Crippen molar-refractivity contribution in [2.75, 3.05) is 44.7 Å². The van der Waals surface area contributed by atoms with Crippen LogP contribution in [0.2, 0.25) is 5.02 Å². The predicted octanol–water partition coefficient (Wildman–Crippen LogP) is 1.89. The number of nitrogens with zero attached hydrogens (tertiary/aromatic N) is 2. The third-order valence-corrected chi connectivity index (χ3v) is 4.95. The highest BCUT2D eigenvalue weighted by Gasteiger charge is 2.24. The first-order valence-corrected chi connectivity index (χ1v) is 8.63. The molecule has 2 saturated heterocycles. The summed E-state index contributed by atoms with van der Waals surface area (Å²) in [6.07, 6.45) is 1.46. The van der Waals surface area contributed by atoms with Gasteiger partial charge in [0.05, 0.1) is 0 Å². The maximum atomic E-state index is 12.2. The van der Waals surface area contributed by atoms with Crippen LogP contribution in [0.25, 0.3) is 0 Å². The number of halogens is 1. The molecule has 2 fully saturated rings. The van der Waals surface area contributed by atoms with Crippen molar-refractivity contribution in [2.24, 2.45) is 0 Å².